The summed E-state index contributed by atoms with van der Waals surface area (Å²) in [6.07, 6.45) is 2.21. The second-order valence-electron chi connectivity index (χ2n) is 5.14. The Morgan fingerprint density at radius 1 is 1.43 bits per heavy atom. The zero-order chi connectivity index (χ0) is 15.0. The smallest absolute Gasteiger partial charge is 0.268 e. The summed E-state index contributed by atoms with van der Waals surface area (Å²) in [5.41, 5.74) is 11.2. The number of anilines is 2. The number of ether oxygens (including phenoxy) is 1. The standard InChI is InChI=1S/C12H17N5O3S/c13-9-8(21-12(16-9)15-6-1-2-6)11(19)17-3-4-20-5-7(17)10(14)18/h6-7H,1-5,13H2,(H2,14,18)(H,15,16). The summed E-state index contributed by atoms with van der Waals surface area (Å²) >= 11 is 1.21. The number of hydrogen-bond acceptors (Lipinski definition) is 7. The first kappa shape index (κ1) is 14.1. The number of carbonyl (C=O) groups excluding carboxylic acids is 2. The quantitative estimate of drug-likeness (QED) is 0.697. The van der Waals surface area contributed by atoms with Gasteiger partial charge >= 0.3 is 0 Å². The number of nitrogens with two attached hydrogens (primary N) is 2. The predicted molar refractivity (Wildman–Crippen MR) is 78.0 cm³/mol. The molecule has 0 radical (unpaired) electrons. The zero-order valence-electron chi connectivity index (χ0n) is 11.4. The summed E-state index contributed by atoms with van der Waals surface area (Å²) in [5, 5.41) is 3.85. The molecule has 1 aliphatic heterocycles. The van der Waals surface area contributed by atoms with Gasteiger partial charge in [-0.05, 0) is 12.8 Å². The lowest BCUT2D eigenvalue weighted by Crippen LogP contribution is -2.54. The van der Waals surface area contributed by atoms with Gasteiger partial charge in [0.2, 0.25) is 5.91 Å². The maximum absolute atomic E-state index is 12.6. The Morgan fingerprint density at radius 2 is 2.19 bits per heavy atom. The highest BCUT2D eigenvalue weighted by Crippen LogP contribution is 2.31. The molecule has 5 N–H and O–H groups in total. The molecule has 1 aromatic rings. The van der Waals surface area contributed by atoms with Crippen molar-refractivity contribution in [3.8, 4) is 0 Å². The maximum atomic E-state index is 12.6. The second-order valence-corrected chi connectivity index (χ2v) is 6.14. The van der Waals surface area contributed by atoms with Crippen molar-refractivity contribution in [2.24, 2.45) is 5.73 Å². The van der Waals surface area contributed by atoms with Gasteiger partial charge in [0.05, 0.1) is 13.2 Å². The summed E-state index contributed by atoms with van der Waals surface area (Å²) in [4.78, 5) is 29.9. The Labute approximate surface area is 125 Å². The molecular formula is C12H17N5O3S. The molecule has 1 saturated heterocycles. The Bertz CT molecular complexity index is 571. The fourth-order valence-corrected chi connectivity index (χ4v) is 3.08. The van der Waals surface area contributed by atoms with Crippen LogP contribution in [0.4, 0.5) is 10.9 Å². The Morgan fingerprint density at radius 3 is 2.86 bits per heavy atom. The summed E-state index contributed by atoms with van der Waals surface area (Å²) in [6, 6.07) is -0.326. The van der Waals surface area contributed by atoms with Crippen LogP contribution in [0.1, 0.15) is 22.5 Å². The van der Waals surface area contributed by atoms with Crippen molar-refractivity contribution in [1.29, 1.82) is 0 Å². The van der Waals surface area contributed by atoms with Crippen LogP contribution in [-0.4, -0.2) is 53.5 Å². The highest BCUT2D eigenvalue weighted by molar-refractivity contribution is 7.18. The van der Waals surface area contributed by atoms with Crippen molar-refractivity contribution < 1.29 is 14.3 Å². The topological polar surface area (TPSA) is 124 Å². The van der Waals surface area contributed by atoms with Crippen LogP contribution in [0, 0.1) is 0 Å². The largest absolute Gasteiger partial charge is 0.382 e. The van der Waals surface area contributed by atoms with E-state index >= 15 is 0 Å². The Balaban J connectivity index is 1.79. The second kappa shape index (κ2) is 5.49. The van der Waals surface area contributed by atoms with Gasteiger partial charge in [-0.25, -0.2) is 4.98 Å². The van der Waals surface area contributed by atoms with Crippen LogP contribution in [0.15, 0.2) is 0 Å². The minimum Gasteiger partial charge on any atom is -0.382 e. The SMILES string of the molecule is NC(=O)C1COCCN1C(=O)c1sc(NC2CC2)nc1N. The Hall–Kier alpha value is -1.87. The normalized spacial score (nSPS) is 22.1. The van der Waals surface area contributed by atoms with Crippen LogP contribution in [0.3, 0.4) is 0 Å². The van der Waals surface area contributed by atoms with E-state index in [0.29, 0.717) is 29.2 Å². The third kappa shape index (κ3) is 2.93. The lowest BCUT2D eigenvalue weighted by Gasteiger charge is -2.33. The summed E-state index contributed by atoms with van der Waals surface area (Å²) in [6.45, 7) is 0.809. The number of morpholine rings is 1. The number of nitrogens with one attached hydrogen (secondary N) is 1. The van der Waals surface area contributed by atoms with Crippen molar-refractivity contribution >= 4 is 34.1 Å². The molecule has 9 heteroatoms. The highest BCUT2D eigenvalue weighted by Gasteiger charge is 2.34. The first-order valence-corrected chi connectivity index (χ1v) is 7.59. The number of hydrogen-bond donors (Lipinski definition) is 3. The molecule has 2 amide bonds. The number of nitrogen functional groups attached to an aromatic ring is 1. The van der Waals surface area contributed by atoms with E-state index in [4.69, 9.17) is 16.2 Å². The van der Waals surface area contributed by atoms with E-state index in [1.807, 2.05) is 0 Å². The molecule has 114 valence electrons. The Kier molecular flexibility index (Phi) is 3.68. The molecule has 8 nitrogen and oxygen atoms in total. The molecule has 3 rings (SSSR count). The van der Waals surface area contributed by atoms with Gasteiger partial charge in [0.15, 0.2) is 5.13 Å². The molecule has 1 aliphatic carbocycles. The van der Waals surface area contributed by atoms with E-state index in [-0.39, 0.29) is 18.3 Å². The fraction of sp³-hybridized carbons (Fsp3) is 0.583. The molecule has 0 spiro atoms. The molecule has 0 aromatic carbocycles. The fourth-order valence-electron chi connectivity index (χ4n) is 2.16. The predicted octanol–water partition coefficient (Wildman–Crippen LogP) is -0.374. The van der Waals surface area contributed by atoms with Crippen LogP contribution in [0.25, 0.3) is 0 Å². The number of amides is 2. The van der Waals surface area contributed by atoms with Gasteiger partial charge in [0, 0.05) is 12.6 Å². The van der Waals surface area contributed by atoms with Crippen LogP contribution >= 0.6 is 11.3 Å². The van der Waals surface area contributed by atoms with Crippen LogP contribution < -0.4 is 16.8 Å². The molecule has 2 aliphatic rings. The molecule has 0 bridgehead atoms. The third-order valence-electron chi connectivity index (χ3n) is 3.47. The van der Waals surface area contributed by atoms with Crippen molar-refractivity contribution in [3.63, 3.8) is 0 Å². The molecule has 2 fully saturated rings. The monoisotopic (exact) mass is 311 g/mol. The minimum absolute atomic E-state index is 0.118. The van der Waals surface area contributed by atoms with Gasteiger partial charge in [0.1, 0.15) is 16.7 Å². The number of thiazole rings is 1. The van der Waals surface area contributed by atoms with Crippen molar-refractivity contribution in [3.05, 3.63) is 4.88 Å². The zero-order valence-corrected chi connectivity index (χ0v) is 12.2. The number of primary amides is 1. The minimum atomic E-state index is -0.757. The number of rotatable bonds is 4. The molecule has 21 heavy (non-hydrogen) atoms. The van der Waals surface area contributed by atoms with E-state index in [9.17, 15) is 9.59 Å². The third-order valence-corrected chi connectivity index (χ3v) is 4.46. The van der Waals surface area contributed by atoms with Crippen LogP contribution in [0.2, 0.25) is 0 Å². The van der Waals surface area contributed by atoms with Gasteiger partial charge < -0.3 is 26.4 Å². The first-order chi connectivity index (χ1) is 10.1. The first-order valence-electron chi connectivity index (χ1n) is 6.77. The maximum Gasteiger partial charge on any atom is 0.268 e. The van der Waals surface area contributed by atoms with Crippen molar-refractivity contribution in [2.45, 2.75) is 24.9 Å². The highest BCUT2D eigenvalue weighted by atomic mass is 32.1. The number of aromatic nitrogens is 1. The van der Waals surface area contributed by atoms with Gasteiger partial charge in [-0.15, -0.1) is 0 Å². The molecule has 1 unspecified atom stereocenters. The molecule has 1 atom stereocenters. The van der Waals surface area contributed by atoms with E-state index < -0.39 is 11.9 Å². The summed E-state index contributed by atoms with van der Waals surface area (Å²) in [7, 11) is 0. The lowest BCUT2D eigenvalue weighted by molar-refractivity contribution is -0.127. The van der Waals surface area contributed by atoms with E-state index in [2.05, 4.69) is 10.3 Å². The lowest BCUT2D eigenvalue weighted by atomic mass is 10.2. The van der Waals surface area contributed by atoms with E-state index in [0.717, 1.165) is 12.8 Å². The van der Waals surface area contributed by atoms with Crippen molar-refractivity contribution in [1.82, 2.24) is 9.88 Å². The number of nitrogens with zero attached hydrogens (tertiary/aromatic N) is 2. The average molecular weight is 311 g/mol. The number of carbonyl (C=O) groups is 2. The molecule has 1 saturated carbocycles. The van der Waals surface area contributed by atoms with Gasteiger partial charge in [-0.2, -0.15) is 0 Å². The van der Waals surface area contributed by atoms with Gasteiger partial charge in [0.25, 0.3) is 5.91 Å². The van der Waals surface area contributed by atoms with Gasteiger partial charge in [-0.3, -0.25) is 9.59 Å². The molecule has 2 heterocycles. The van der Waals surface area contributed by atoms with Gasteiger partial charge in [-0.1, -0.05) is 11.3 Å². The summed E-state index contributed by atoms with van der Waals surface area (Å²) in [5.74, 6) is -0.716. The average Bonchev–Trinajstić information content (AvgIpc) is 3.20. The molecular weight excluding hydrogens is 294 g/mol. The van der Waals surface area contributed by atoms with E-state index in [1.165, 1.54) is 16.2 Å². The molecule has 1 aromatic heterocycles. The van der Waals surface area contributed by atoms with Crippen LogP contribution in [0.5, 0.6) is 0 Å². The van der Waals surface area contributed by atoms with E-state index in [1.54, 1.807) is 0 Å². The summed E-state index contributed by atoms with van der Waals surface area (Å²) < 4.78 is 5.21. The van der Waals surface area contributed by atoms with Crippen molar-refractivity contribution in [2.75, 3.05) is 30.8 Å². The van der Waals surface area contributed by atoms with Crippen LogP contribution in [-0.2, 0) is 9.53 Å².